The van der Waals surface area contributed by atoms with E-state index < -0.39 is 0 Å². The average molecular weight is 347 g/mol. The van der Waals surface area contributed by atoms with Crippen molar-refractivity contribution in [2.24, 2.45) is 18.9 Å². The molecule has 0 spiro atoms. The number of hydrogen-bond acceptors (Lipinski definition) is 4. The Morgan fingerprint density at radius 1 is 1.16 bits per heavy atom. The van der Waals surface area contributed by atoms with Crippen molar-refractivity contribution >= 4 is 16.9 Å². The Kier molecular flexibility index (Phi) is 6.33. The van der Waals surface area contributed by atoms with Crippen LogP contribution in [0.1, 0.15) is 40.5 Å². The molecule has 0 saturated heterocycles. The van der Waals surface area contributed by atoms with E-state index in [0.717, 1.165) is 25.9 Å². The summed E-state index contributed by atoms with van der Waals surface area (Å²) < 4.78 is 2.94. The highest BCUT2D eigenvalue weighted by atomic mass is 16.2. The second-order valence-corrected chi connectivity index (χ2v) is 7.43. The van der Waals surface area contributed by atoms with Gasteiger partial charge in [0.1, 0.15) is 18.3 Å². The molecule has 138 valence electrons. The van der Waals surface area contributed by atoms with Crippen LogP contribution >= 0.6 is 0 Å². The van der Waals surface area contributed by atoms with Gasteiger partial charge in [-0.1, -0.05) is 27.7 Å². The predicted molar refractivity (Wildman–Crippen MR) is 98.3 cm³/mol. The van der Waals surface area contributed by atoms with Gasteiger partial charge in [-0.3, -0.25) is 18.8 Å². The fourth-order valence-electron chi connectivity index (χ4n) is 2.61. The Labute approximate surface area is 148 Å². The smallest absolute Gasteiger partial charge is 0.264 e. The average Bonchev–Trinajstić information content (AvgIpc) is 2.91. The Hall–Kier alpha value is -2.18. The summed E-state index contributed by atoms with van der Waals surface area (Å²) in [6, 6.07) is 0. The molecule has 0 aliphatic heterocycles. The van der Waals surface area contributed by atoms with E-state index in [4.69, 9.17) is 0 Å². The lowest BCUT2D eigenvalue weighted by atomic mass is 10.1. The normalized spacial score (nSPS) is 11.6. The zero-order valence-corrected chi connectivity index (χ0v) is 15.9. The van der Waals surface area contributed by atoms with Crippen molar-refractivity contribution in [1.82, 2.24) is 24.2 Å². The van der Waals surface area contributed by atoms with E-state index in [1.54, 1.807) is 11.7 Å². The standard InChI is InChI=1S/C18H29N5O2/c1-13(2)6-8-22(9-7-14(3)4)16(24)11-23-12-19-17-15(18(23)25)10-20-21(17)5/h10,12-14H,6-9,11H2,1-5H3. The van der Waals surface area contributed by atoms with Gasteiger partial charge in [0.15, 0.2) is 5.65 Å². The van der Waals surface area contributed by atoms with E-state index in [2.05, 4.69) is 37.8 Å². The summed E-state index contributed by atoms with van der Waals surface area (Å²) in [7, 11) is 1.74. The second-order valence-electron chi connectivity index (χ2n) is 7.43. The van der Waals surface area contributed by atoms with Crippen LogP contribution in [0.15, 0.2) is 17.3 Å². The van der Waals surface area contributed by atoms with Crippen molar-refractivity contribution in [3.05, 3.63) is 22.9 Å². The van der Waals surface area contributed by atoms with Gasteiger partial charge in [-0.15, -0.1) is 0 Å². The molecule has 0 radical (unpaired) electrons. The molecule has 7 nitrogen and oxygen atoms in total. The highest BCUT2D eigenvalue weighted by Crippen LogP contribution is 2.08. The molecule has 0 atom stereocenters. The Balaban J connectivity index is 2.15. The van der Waals surface area contributed by atoms with E-state index in [-0.39, 0.29) is 18.0 Å². The maximum Gasteiger partial charge on any atom is 0.264 e. The summed E-state index contributed by atoms with van der Waals surface area (Å²) in [5, 5.41) is 4.49. The van der Waals surface area contributed by atoms with E-state index in [1.807, 2.05) is 4.90 Å². The van der Waals surface area contributed by atoms with Crippen LogP contribution < -0.4 is 5.56 Å². The number of aryl methyl sites for hydroxylation is 1. The maximum atomic E-state index is 12.7. The SMILES string of the molecule is CC(C)CCN(CCC(C)C)C(=O)Cn1cnc2c(cnn2C)c1=O. The molecule has 0 bridgehead atoms. The lowest BCUT2D eigenvalue weighted by Gasteiger charge is -2.25. The van der Waals surface area contributed by atoms with Gasteiger partial charge in [0.2, 0.25) is 5.91 Å². The summed E-state index contributed by atoms with van der Waals surface area (Å²) >= 11 is 0. The maximum absolute atomic E-state index is 12.7. The number of amides is 1. The largest absolute Gasteiger partial charge is 0.341 e. The molecule has 2 rings (SSSR count). The summed E-state index contributed by atoms with van der Waals surface area (Å²) in [6.45, 7) is 10.1. The number of carbonyl (C=O) groups excluding carboxylic acids is 1. The van der Waals surface area contributed by atoms with Crippen LogP contribution in [0.5, 0.6) is 0 Å². The fraction of sp³-hybridized carbons (Fsp3) is 0.667. The second kappa shape index (κ2) is 8.27. The molecule has 25 heavy (non-hydrogen) atoms. The molecular formula is C18H29N5O2. The molecule has 0 fully saturated rings. The van der Waals surface area contributed by atoms with Gasteiger partial charge >= 0.3 is 0 Å². The van der Waals surface area contributed by atoms with Crippen molar-refractivity contribution in [1.29, 1.82) is 0 Å². The molecule has 2 aromatic heterocycles. The third-order valence-corrected chi connectivity index (χ3v) is 4.33. The number of rotatable bonds is 8. The first-order chi connectivity index (χ1) is 11.8. The molecule has 0 saturated carbocycles. The topological polar surface area (TPSA) is 73.0 Å². The summed E-state index contributed by atoms with van der Waals surface area (Å²) in [6.07, 6.45) is 4.85. The number of hydrogen-bond donors (Lipinski definition) is 0. The van der Waals surface area contributed by atoms with Gasteiger partial charge in [-0.25, -0.2) is 4.98 Å². The van der Waals surface area contributed by atoms with Crippen LogP contribution in [-0.2, 0) is 18.4 Å². The predicted octanol–water partition coefficient (Wildman–Crippen LogP) is 2.05. The zero-order chi connectivity index (χ0) is 18.6. The molecule has 0 N–H and O–H groups in total. The van der Waals surface area contributed by atoms with Crippen molar-refractivity contribution in [2.75, 3.05) is 13.1 Å². The van der Waals surface area contributed by atoms with Crippen LogP contribution in [0.3, 0.4) is 0 Å². The number of fused-ring (bicyclic) bond motifs is 1. The third kappa shape index (κ3) is 4.90. The van der Waals surface area contributed by atoms with Crippen LogP contribution in [0.2, 0.25) is 0 Å². The van der Waals surface area contributed by atoms with Crippen molar-refractivity contribution in [3.63, 3.8) is 0 Å². The van der Waals surface area contributed by atoms with Crippen molar-refractivity contribution in [2.45, 2.75) is 47.1 Å². The quantitative estimate of drug-likeness (QED) is 0.732. The molecule has 7 heteroatoms. The first-order valence-corrected chi connectivity index (χ1v) is 8.94. The summed E-state index contributed by atoms with van der Waals surface area (Å²) in [5.74, 6) is 1.03. The van der Waals surface area contributed by atoms with Crippen molar-refractivity contribution < 1.29 is 4.79 Å². The molecule has 1 amide bonds. The van der Waals surface area contributed by atoms with E-state index in [9.17, 15) is 9.59 Å². The molecule has 0 aliphatic rings. The monoisotopic (exact) mass is 347 g/mol. The van der Waals surface area contributed by atoms with E-state index in [0.29, 0.717) is 22.9 Å². The minimum Gasteiger partial charge on any atom is -0.341 e. The molecular weight excluding hydrogens is 318 g/mol. The molecule has 0 aliphatic carbocycles. The lowest BCUT2D eigenvalue weighted by Crippen LogP contribution is -2.38. The van der Waals surface area contributed by atoms with Gasteiger partial charge in [-0.2, -0.15) is 5.10 Å². The lowest BCUT2D eigenvalue weighted by molar-refractivity contribution is -0.132. The van der Waals surface area contributed by atoms with Crippen molar-refractivity contribution in [3.8, 4) is 0 Å². The third-order valence-electron chi connectivity index (χ3n) is 4.33. The van der Waals surface area contributed by atoms with Gasteiger partial charge in [0, 0.05) is 20.1 Å². The first-order valence-electron chi connectivity index (χ1n) is 8.94. The van der Waals surface area contributed by atoms with Gasteiger partial charge < -0.3 is 4.90 Å². The summed E-state index contributed by atoms with van der Waals surface area (Å²) in [5.41, 5.74) is 0.310. The summed E-state index contributed by atoms with van der Waals surface area (Å²) in [4.78, 5) is 31.4. The number of nitrogens with zero attached hydrogens (tertiary/aromatic N) is 5. The van der Waals surface area contributed by atoms with Gasteiger partial charge in [0.25, 0.3) is 5.56 Å². The van der Waals surface area contributed by atoms with Crippen LogP contribution in [0.25, 0.3) is 11.0 Å². The number of aromatic nitrogens is 4. The highest BCUT2D eigenvalue weighted by molar-refractivity contribution is 5.77. The van der Waals surface area contributed by atoms with Crippen LogP contribution in [0.4, 0.5) is 0 Å². The van der Waals surface area contributed by atoms with Gasteiger partial charge in [-0.05, 0) is 24.7 Å². The minimum absolute atomic E-state index is 0.0207. The van der Waals surface area contributed by atoms with Crippen LogP contribution in [0, 0.1) is 11.8 Å². The highest BCUT2D eigenvalue weighted by Gasteiger charge is 2.17. The van der Waals surface area contributed by atoms with E-state index >= 15 is 0 Å². The zero-order valence-electron chi connectivity index (χ0n) is 15.9. The fourth-order valence-corrected chi connectivity index (χ4v) is 2.61. The van der Waals surface area contributed by atoms with Gasteiger partial charge in [0.05, 0.1) is 6.20 Å². The Morgan fingerprint density at radius 2 is 1.76 bits per heavy atom. The first kappa shape index (κ1) is 19.1. The Morgan fingerprint density at radius 3 is 2.32 bits per heavy atom. The minimum atomic E-state index is -0.223. The Bertz CT molecular complexity index is 763. The molecule has 0 aromatic carbocycles. The molecule has 2 heterocycles. The number of carbonyl (C=O) groups is 1. The molecule has 2 aromatic rings. The molecule has 0 unspecified atom stereocenters. The van der Waals surface area contributed by atoms with E-state index in [1.165, 1.54) is 17.1 Å². The van der Waals surface area contributed by atoms with Crippen LogP contribution in [-0.4, -0.2) is 43.2 Å².